The molecule has 2 aromatic rings. The van der Waals surface area contributed by atoms with Crippen LogP contribution in [0.3, 0.4) is 0 Å². The average Bonchev–Trinajstić information content (AvgIpc) is 2.45. The van der Waals surface area contributed by atoms with Crippen molar-refractivity contribution in [1.29, 1.82) is 0 Å². The molecule has 110 valence electrons. The van der Waals surface area contributed by atoms with E-state index in [-0.39, 0.29) is 5.91 Å². The summed E-state index contributed by atoms with van der Waals surface area (Å²) >= 11 is 0. The number of carbonyl (C=O) groups is 1. The fourth-order valence-electron chi connectivity index (χ4n) is 2.24. The molecule has 2 rings (SSSR count). The zero-order valence-corrected chi connectivity index (χ0v) is 12.6. The molecule has 2 aromatic carbocycles. The molecule has 0 unspecified atom stereocenters. The Morgan fingerprint density at radius 3 is 2.48 bits per heavy atom. The molecule has 0 saturated heterocycles. The van der Waals surface area contributed by atoms with Crippen LogP contribution in [0.25, 0.3) is 0 Å². The Morgan fingerprint density at radius 1 is 1.05 bits per heavy atom. The summed E-state index contributed by atoms with van der Waals surface area (Å²) < 4.78 is 0. The van der Waals surface area contributed by atoms with E-state index in [9.17, 15) is 4.79 Å². The van der Waals surface area contributed by atoms with Crippen molar-refractivity contribution in [3.8, 4) is 0 Å². The van der Waals surface area contributed by atoms with Gasteiger partial charge in [-0.15, -0.1) is 0 Å². The molecule has 3 heteroatoms. The zero-order chi connectivity index (χ0) is 15.1. The van der Waals surface area contributed by atoms with Crippen LogP contribution in [0.1, 0.15) is 23.6 Å². The average molecular weight is 282 g/mol. The molecule has 0 fully saturated rings. The van der Waals surface area contributed by atoms with Crippen LogP contribution in [-0.2, 0) is 17.8 Å². The number of carbonyl (C=O) groups excluding carboxylic acids is 1. The van der Waals surface area contributed by atoms with Crippen molar-refractivity contribution in [2.24, 2.45) is 0 Å². The van der Waals surface area contributed by atoms with E-state index in [4.69, 9.17) is 0 Å². The summed E-state index contributed by atoms with van der Waals surface area (Å²) in [4.78, 5) is 10.9. The maximum atomic E-state index is 10.9. The number of nitrogens with one attached hydrogen (secondary N) is 2. The van der Waals surface area contributed by atoms with Crippen molar-refractivity contribution in [2.45, 2.75) is 26.8 Å². The highest BCUT2D eigenvalue weighted by Crippen LogP contribution is 2.09. The summed E-state index contributed by atoms with van der Waals surface area (Å²) in [5.74, 6) is -0.0426. The number of benzene rings is 2. The molecule has 1 amide bonds. The fraction of sp³-hybridized carbons (Fsp3) is 0.278. The first-order valence-corrected chi connectivity index (χ1v) is 7.26. The lowest BCUT2D eigenvalue weighted by Crippen LogP contribution is -2.16. The molecule has 0 radical (unpaired) electrons. The minimum absolute atomic E-state index is 0.0426. The quantitative estimate of drug-likeness (QED) is 0.798. The van der Waals surface area contributed by atoms with Gasteiger partial charge in [0.2, 0.25) is 5.91 Å². The molecular formula is C18H22N2O. The maximum Gasteiger partial charge on any atom is 0.221 e. The minimum Gasteiger partial charge on any atom is -0.326 e. The van der Waals surface area contributed by atoms with Gasteiger partial charge in [0.15, 0.2) is 0 Å². The lowest BCUT2D eigenvalue weighted by atomic mass is 10.1. The van der Waals surface area contributed by atoms with Crippen molar-refractivity contribution in [3.63, 3.8) is 0 Å². The van der Waals surface area contributed by atoms with E-state index in [1.807, 2.05) is 24.3 Å². The van der Waals surface area contributed by atoms with Gasteiger partial charge in [0.05, 0.1) is 0 Å². The van der Waals surface area contributed by atoms with Crippen LogP contribution in [0.4, 0.5) is 5.69 Å². The van der Waals surface area contributed by atoms with Gasteiger partial charge in [-0.05, 0) is 43.1 Å². The van der Waals surface area contributed by atoms with E-state index in [1.54, 1.807) is 0 Å². The van der Waals surface area contributed by atoms with Crippen molar-refractivity contribution >= 4 is 11.6 Å². The van der Waals surface area contributed by atoms with Gasteiger partial charge in [0.25, 0.3) is 0 Å². The van der Waals surface area contributed by atoms with Crippen LogP contribution in [0.2, 0.25) is 0 Å². The number of anilines is 1. The second-order valence-electron chi connectivity index (χ2n) is 5.29. The molecule has 0 bridgehead atoms. The topological polar surface area (TPSA) is 41.1 Å². The highest BCUT2D eigenvalue weighted by molar-refractivity contribution is 5.88. The van der Waals surface area contributed by atoms with Crippen LogP contribution in [0.5, 0.6) is 0 Å². The highest BCUT2D eigenvalue weighted by Gasteiger charge is 1.97. The Labute approximate surface area is 126 Å². The zero-order valence-electron chi connectivity index (χ0n) is 12.6. The molecule has 0 aliphatic rings. The molecular weight excluding hydrogens is 260 g/mol. The van der Waals surface area contributed by atoms with E-state index < -0.39 is 0 Å². The van der Waals surface area contributed by atoms with Gasteiger partial charge < -0.3 is 10.6 Å². The van der Waals surface area contributed by atoms with Gasteiger partial charge >= 0.3 is 0 Å². The van der Waals surface area contributed by atoms with Crippen molar-refractivity contribution in [1.82, 2.24) is 5.32 Å². The molecule has 0 spiro atoms. The normalized spacial score (nSPS) is 10.4. The van der Waals surface area contributed by atoms with Crippen molar-refractivity contribution < 1.29 is 4.79 Å². The largest absolute Gasteiger partial charge is 0.326 e. The van der Waals surface area contributed by atoms with E-state index in [0.29, 0.717) is 0 Å². The van der Waals surface area contributed by atoms with Gasteiger partial charge in [0.1, 0.15) is 0 Å². The second-order valence-corrected chi connectivity index (χ2v) is 5.29. The summed E-state index contributed by atoms with van der Waals surface area (Å²) in [5.41, 5.74) is 4.73. The lowest BCUT2D eigenvalue weighted by Gasteiger charge is -2.07. The number of aryl methyl sites for hydroxylation is 1. The Hall–Kier alpha value is -2.13. The molecule has 0 heterocycles. The smallest absolute Gasteiger partial charge is 0.221 e. The summed E-state index contributed by atoms with van der Waals surface area (Å²) in [7, 11) is 0. The molecule has 2 N–H and O–H groups in total. The van der Waals surface area contributed by atoms with Crippen LogP contribution < -0.4 is 10.6 Å². The minimum atomic E-state index is -0.0426. The van der Waals surface area contributed by atoms with Crippen LogP contribution in [-0.4, -0.2) is 12.5 Å². The summed E-state index contributed by atoms with van der Waals surface area (Å²) in [6, 6.07) is 16.5. The third-order valence-corrected chi connectivity index (χ3v) is 3.28. The van der Waals surface area contributed by atoms with Crippen LogP contribution in [0, 0.1) is 6.92 Å². The predicted molar refractivity (Wildman–Crippen MR) is 87.3 cm³/mol. The van der Waals surface area contributed by atoms with Crippen LogP contribution >= 0.6 is 0 Å². The third kappa shape index (κ3) is 5.40. The molecule has 0 atom stereocenters. The summed E-state index contributed by atoms with van der Waals surface area (Å²) in [6.07, 6.45) is 1.03. The van der Waals surface area contributed by atoms with Gasteiger partial charge in [-0.1, -0.05) is 42.0 Å². The maximum absolute atomic E-state index is 10.9. The van der Waals surface area contributed by atoms with Gasteiger partial charge in [-0.25, -0.2) is 0 Å². The van der Waals surface area contributed by atoms with Gasteiger partial charge in [0, 0.05) is 19.2 Å². The van der Waals surface area contributed by atoms with E-state index in [0.717, 1.165) is 25.2 Å². The summed E-state index contributed by atoms with van der Waals surface area (Å²) in [5, 5.41) is 6.21. The lowest BCUT2D eigenvalue weighted by molar-refractivity contribution is -0.114. The molecule has 21 heavy (non-hydrogen) atoms. The fourth-order valence-corrected chi connectivity index (χ4v) is 2.24. The Bertz CT molecular complexity index is 590. The van der Waals surface area contributed by atoms with Gasteiger partial charge in [-0.2, -0.15) is 0 Å². The van der Waals surface area contributed by atoms with E-state index in [1.165, 1.54) is 23.6 Å². The van der Waals surface area contributed by atoms with Crippen LogP contribution in [0.15, 0.2) is 48.5 Å². The predicted octanol–water partition coefficient (Wildman–Crippen LogP) is 3.29. The molecule has 0 saturated carbocycles. The Kier molecular flexibility index (Phi) is 5.52. The highest BCUT2D eigenvalue weighted by atomic mass is 16.1. The number of rotatable bonds is 6. The molecule has 0 aliphatic heterocycles. The first-order valence-electron chi connectivity index (χ1n) is 7.26. The first kappa shape index (κ1) is 15.3. The molecule has 3 nitrogen and oxygen atoms in total. The first-order chi connectivity index (χ1) is 10.1. The monoisotopic (exact) mass is 282 g/mol. The van der Waals surface area contributed by atoms with Crippen molar-refractivity contribution in [3.05, 3.63) is 65.2 Å². The number of amides is 1. The molecule has 0 aliphatic carbocycles. The SMILES string of the molecule is CC(=O)Nc1ccc(CNCCc2cccc(C)c2)cc1. The van der Waals surface area contributed by atoms with E-state index >= 15 is 0 Å². The summed E-state index contributed by atoms with van der Waals surface area (Å²) in [6.45, 7) is 5.43. The third-order valence-electron chi connectivity index (χ3n) is 3.28. The van der Waals surface area contributed by atoms with Gasteiger partial charge in [-0.3, -0.25) is 4.79 Å². The van der Waals surface area contributed by atoms with E-state index in [2.05, 4.69) is 41.8 Å². The standard InChI is InChI=1S/C18H22N2O/c1-14-4-3-5-16(12-14)10-11-19-13-17-6-8-18(9-7-17)20-15(2)21/h3-9,12,19H,10-11,13H2,1-2H3,(H,20,21). The number of hydrogen-bond acceptors (Lipinski definition) is 2. The molecule has 0 aromatic heterocycles. The Morgan fingerprint density at radius 2 is 1.81 bits per heavy atom. The second kappa shape index (κ2) is 7.60. The van der Waals surface area contributed by atoms with Crippen molar-refractivity contribution in [2.75, 3.05) is 11.9 Å². The Balaban J connectivity index is 1.74. The number of hydrogen-bond donors (Lipinski definition) is 2.